The van der Waals surface area contributed by atoms with Crippen LogP contribution in [0.25, 0.3) is 0 Å². The molecule has 1 aliphatic heterocycles. The van der Waals surface area contributed by atoms with Crippen molar-refractivity contribution in [1.82, 2.24) is 9.88 Å². The number of anilines is 1. The second-order valence-corrected chi connectivity index (χ2v) is 11.2. The molecule has 0 unspecified atom stereocenters. The Hall–Kier alpha value is -4.23. The van der Waals surface area contributed by atoms with Gasteiger partial charge in [0.2, 0.25) is 5.82 Å². The van der Waals surface area contributed by atoms with Crippen molar-refractivity contribution in [2.45, 2.75) is 38.4 Å². The summed E-state index contributed by atoms with van der Waals surface area (Å²) in [5, 5.41) is 11.7. The maximum Gasteiger partial charge on any atom is 0.261 e. The number of halogens is 5. The monoisotopic (exact) mass is 641 g/mol. The number of nitrogens with one attached hydrogen (secondary N) is 1. The predicted molar refractivity (Wildman–Crippen MR) is 159 cm³/mol. The highest BCUT2D eigenvalue weighted by atomic mass is 19.2. The fourth-order valence-electron chi connectivity index (χ4n) is 5.30. The van der Waals surface area contributed by atoms with Crippen LogP contribution >= 0.6 is 0 Å². The summed E-state index contributed by atoms with van der Waals surface area (Å²) in [7, 11) is 2.00. The zero-order valence-electron chi connectivity index (χ0n) is 25.0. The average molecular weight is 642 g/mol. The van der Waals surface area contributed by atoms with Crippen LogP contribution in [0.1, 0.15) is 52.1 Å². The number of nitrogens with zero attached hydrogens (tertiary/aromatic N) is 2. The second kappa shape index (κ2) is 14.5. The van der Waals surface area contributed by atoms with Crippen molar-refractivity contribution in [3.05, 3.63) is 130 Å². The van der Waals surface area contributed by atoms with E-state index in [2.05, 4.69) is 15.2 Å². The van der Waals surface area contributed by atoms with Crippen LogP contribution in [0.15, 0.2) is 72.9 Å². The number of amides is 1. The van der Waals surface area contributed by atoms with Crippen molar-refractivity contribution in [1.29, 1.82) is 0 Å². The van der Waals surface area contributed by atoms with Crippen molar-refractivity contribution >= 4 is 11.6 Å². The molecule has 1 aliphatic rings. The molecule has 1 aromatic heterocycles. The maximum absolute atomic E-state index is 14.1. The van der Waals surface area contributed by atoms with E-state index in [0.29, 0.717) is 12.1 Å². The van der Waals surface area contributed by atoms with Gasteiger partial charge in [0, 0.05) is 48.6 Å². The number of carbonyl (C=O) groups excluding carboxylic acids is 1. The fourth-order valence-corrected chi connectivity index (χ4v) is 5.30. The first-order valence-corrected chi connectivity index (χ1v) is 14.6. The molecule has 2 heterocycles. The smallest absolute Gasteiger partial charge is 0.261 e. The number of hydrogen-bond acceptors (Lipinski definition) is 6. The van der Waals surface area contributed by atoms with Crippen LogP contribution in [0.5, 0.6) is 0 Å². The number of carbonyl (C=O) groups is 1. The third-order valence-corrected chi connectivity index (χ3v) is 7.97. The molecular weight excluding hydrogens is 609 g/mol. The lowest BCUT2D eigenvalue weighted by molar-refractivity contribution is -0.275. The second-order valence-electron chi connectivity index (χ2n) is 11.2. The first-order valence-electron chi connectivity index (χ1n) is 14.6. The number of ether oxygens (including phenoxy) is 2. The molecule has 4 atom stereocenters. The highest BCUT2D eigenvalue weighted by Crippen LogP contribution is 2.42. The predicted octanol–water partition coefficient (Wildman–Crippen LogP) is 6.49. The highest BCUT2D eigenvalue weighted by Gasteiger charge is 2.39. The van der Waals surface area contributed by atoms with E-state index in [1.165, 1.54) is 12.1 Å². The number of rotatable bonds is 10. The van der Waals surface area contributed by atoms with Crippen molar-refractivity contribution in [3.63, 3.8) is 0 Å². The van der Waals surface area contributed by atoms with Gasteiger partial charge in [-0.3, -0.25) is 9.78 Å². The Morgan fingerprint density at radius 2 is 1.50 bits per heavy atom. The lowest BCUT2D eigenvalue weighted by Crippen LogP contribution is -2.43. The van der Waals surface area contributed by atoms with Gasteiger partial charge in [0.1, 0.15) is 5.56 Å². The van der Waals surface area contributed by atoms with E-state index in [0.717, 1.165) is 29.8 Å². The lowest BCUT2D eigenvalue weighted by Gasteiger charge is -2.42. The van der Waals surface area contributed by atoms with Crippen molar-refractivity contribution in [2.24, 2.45) is 5.92 Å². The van der Waals surface area contributed by atoms with Crippen LogP contribution in [0, 0.1) is 35.0 Å². The van der Waals surface area contributed by atoms with Gasteiger partial charge in [-0.2, -0.15) is 0 Å². The number of hydrogen-bond donors (Lipinski definition) is 2. The molecule has 7 nitrogen and oxygen atoms in total. The molecule has 3 aromatic carbocycles. The number of aromatic nitrogens is 1. The molecule has 0 radical (unpaired) electrons. The van der Waals surface area contributed by atoms with Gasteiger partial charge < -0.3 is 24.8 Å². The molecule has 242 valence electrons. The molecule has 0 saturated carbocycles. The van der Waals surface area contributed by atoms with Gasteiger partial charge in [-0.1, -0.05) is 49.4 Å². The summed E-state index contributed by atoms with van der Waals surface area (Å²) in [5.74, 6) is -12.8. The third kappa shape index (κ3) is 7.26. The highest BCUT2D eigenvalue weighted by molar-refractivity contribution is 6.04. The first-order chi connectivity index (χ1) is 22.1. The van der Waals surface area contributed by atoms with E-state index >= 15 is 0 Å². The Bertz CT molecular complexity index is 1630. The first kappa shape index (κ1) is 33.1. The minimum atomic E-state index is -2.35. The molecule has 4 aromatic rings. The number of aliphatic hydroxyl groups is 1. The molecule has 5 rings (SSSR count). The lowest BCUT2D eigenvalue weighted by atomic mass is 9.90. The Balaban J connectivity index is 1.34. The van der Waals surface area contributed by atoms with Crippen molar-refractivity contribution < 1.29 is 41.3 Å². The summed E-state index contributed by atoms with van der Waals surface area (Å²) in [6.07, 6.45) is 1.01. The Kier molecular flexibility index (Phi) is 10.4. The van der Waals surface area contributed by atoms with Crippen LogP contribution in [0.2, 0.25) is 0 Å². The minimum Gasteiger partial charge on any atom is -0.392 e. The number of pyridine rings is 1. The van der Waals surface area contributed by atoms with Crippen LogP contribution in [0.3, 0.4) is 0 Å². The van der Waals surface area contributed by atoms with E-state index < -0.39 is 46.8 Å². The Morgan fingerprint density at radius 3 is 2.11 bits per heavy atom. The van der Waals surface area contributed by atoms with E-state index in [9.17, 15) is 31.9 Å². The zero-order valence-corrected chi connectivity index (χ0v) is 25.0. The normalized spacial score (nSPS) is 19.8. The third-order valence-electron chi connectivity index (χ3n) is 7.97. The van der Waals surface area contributed by atoms with Gasteiger partial charge in [0.15, 0.2) is 29.6 Å². The van der Waals surface area contributed by atoms with Gasteiger partial charge in [-0.15, -0.1) is 0 Å². The molecule has 0 bridgehead atoms. The van der Waals surface area contributed by atoms with Gasteiger partial charge in [-0.25, -0.2) is 22.0 Å². The van der Waals surface area contributed by atoms with Crippen molar-refractivity contribution in [3.8, 4) is 0 Å². The summed E-state index contributed by atoms with van der Waals surface area (Å²) in [5.41, 5.74) is 1.66. The summed E-state index contributed by atoms with van der Waals surface area (Å²) in [6.45, 7) is 3.26. The fraction of sp³-hybridized carbons (Fsp3) is 0.294. The van der Waals surface area contributed by atoms with Gasteiger partial charge in [0.05, 0.1) is 18.8 Å². The van der Waals surface area contributed by atoms with E-state index in [-0.39, 0.29) is 30.4 Å². The SMILES string of the molecule is C[C@@H]1[C@H](CN(C)CCc2ccccn2)O[C@H](c2ccc(NC(=O)c3c(F)c(F)c(F)c(F)c3F)cc2)O[C@@H]1c1ccc(CO)cc1. The molecule has 0 aliphatic carbocycles. The molecule has 1 amide bonds. The molecule has 1 saturated heterocycles. The standard InChI is InChI=1S/C34H32F5N3O4/c1-19-25(17-42(2)16-14-23-5-3-4-15-40-23)45-34(46-32(19)21-8-6-20(18-43)7-9-21)22-10-12-24(13-11-22)41-33(44)26-27(35)29(37)31(39)30(38)28(26)36/h3-13,15,19,25,32,34,43H,14,16-18H2,1-2H3,(H,41,44)/t19-,25+,32+,34+/m1/s1. The molecule has 46 heavy (non-hydrogen) atoms. The van der Waals surface area contributed by atoms with Gasteiger partial charge >= 0.3 is 0 Å². The van der Waals surface area contributed by atoms with Gasteiger partial charge in [-0.05, 0) is 42.4 Å². The molecule has 1 fully saturated rings. The summed E-state index contributed by atoms with van der Waals surface area (Å²) < 4.78 is 81.8. The summed E-state index contributed by atoms with van der Waals surface area (Å²) in [6, 6.07) is 19.2. The van der Waals surface area contributed by atoms with E-state index in [4.69, 9.17) is 9.47 Å². The van der Waals surface area contributed by atoms with Crippen LogP contribution in [-0.4, -0.2) is 47.1 Å². The molecular formula is C34H32F5N3O4. The van der Waals surface area contributed by atoms with Crippen molar-refractivity contribution in [2.75, 3.05) is 25.5 Å². The average Bonchev–Trinajstić information content (AvgIpc) is 3.07. The number of benzene rings is 3. The maximum atomic E-state index is 14.1. The number of aliphatic hydroxyl groups excluding tert-OH is 1. The summed E-state index contributed by atoms with van der Waals surface area (Å²) >= 11 is 0. The van der Waals surface area contributed by atoms with E-state index in [1.807, 2.05) is 56.4 Å². The summed E-state index contributed by atoms with van der Waals surface area (Å²) in [4.78, 5) is 19.0. The van der Waals surface area contributed by atoms with Crippen LogP contribution < -0.4 is 5.32 Å². The van der Waals surface area contributed by atoms with Crippen LogP contribution in [0.4, 0.5) is 27.6 Å². The quantitative estimate of drug-likeness (QED) is 0.117. The molecule has 0 spiro atoms. The zero-order chi connectivity index (χ0) is 33.0. The molecule has 12 heteroatoms. The number of likely N-dealkylation sites (N-methyl/N-ethyl adjacent to an activating group) is 1. The minimum absolute atomic E-state index is 0.0452. The van der Waals surface area contributed by atoms with Crippen LogP contribution in [-0.2, 0) is 22.5 Å². The molecule has 2 N–H and O–H groups in total. The van der Waals surface area contributed by atoms with Gasteiger partial charge in [0.25, 0.3) is 5.91 Å². The Labute approximate surface area is 262 Å². The van der Waals surface area contributed by atoms with E-state index in [1.54, 1.807) is 18.3 Å². The topological polar surface area (TPSA) is 83.9 Å². The Morgan fingerprint density at radius 1 is 0.870 bits per heavy atom. The largest absolute Gasteiger partial charge is 0.392 e.